The Kier molecular flexibility index (Phi) is 5.17. The van der Waals surface area contributed by atoms with Crippen molar-refractivity contribution in [1.29, 1.82) is 0 Å². The summed E-state index contributed by atoms with van der Waals surface area (Å²) in [4.78, 5) is 22.3. The van der Waals surface area contributed by atoms with Gasteiger partial charge in [0.2, 0.25) is 5.91 Å². The Morgan fingerprint density at radius 2 is 2.17 bits per heavy atom. The van der Waals surface area contributed by atoms with E-state index in [1.165, 1.54) is 7.11 Å². The zero-order valence-corrected chi connectivity index (χ0v) is 10.6. The van der Waals surface area contributed by atoms with Crippen LogP contribution in [0.2, 0.25) is 0 Å². The highest BCUT2D eigenvalue weighted by atomic mass is 16.5. The number of amides is 1. The number of carbonyl (C=O) groups is 2. The maximum Gasteiger partial charge on any atom is 0.309 e. The van der Waals surface area contributed by atoms with Crippen LogP contribution in [0.25, 0.3) is 0 Å². The molecule has 0 unspecified atom stereocenters. The number of ether oxygens (including phenoxy) is 1. The summed E-state index contributed by atoms with van der Waals surface area (Å²) < 4.78 is 4.60. The number of methoxy groups -OCH3 is 1. The van der Waals surface area contributed by atoms with E-state index in [0.717, 1.165) is 11.3 Å². The molecule has 0 radical (unpaired) electrons. The molecule has 5 nitrogen and oxygen atoms in total. The summed E-state index contributed by atoms with van der Waals surface area (Å²) >= 11 is 0. The van der Waals surface area contributed by atoms with E-state index in [2.05, 4.69) is 10.1 Å². The molecule has 18 heavy (non-hydrogen) atoms. The highest BCUT2D eigenvalue weighted by molar-refractivity contribution is 5.83. The second-order valence-electron chi connectivity index (χ2n) is 3.96. The van der Waals surface area contributed by atoms with Crippen LogP contribution in [0.3, 0.4) is 0 Å². The van der Waals surface area contributed by atoms with E-state index in [1.807, 2.05) is 31.2 Å². The molecule has 0 aliphatic rings. The molecule has 0 bridgehead atoms. The molecular weight excluding hydrogens is 232 g/mol. The Bertz CT molecular complexity index is 432. The highest BCUT2D eigenvalue weighted by Gasteiger charge is 2.12. The van der Waals surface area contributed by atoms with Gasteiger partial charge in [0.1, 0.15) is 6.04 Å². The van der Waals surface area contributed by atoms with Gasteiger partial charge in [-0.25, -0.2) is 0 Å². The van der Waals surface area contributed by atoms with Crippen LogP contribution in [0.1, 0.15) is 18.9 Å². The molecule has 0 spiro atoms. The normalized spacial score (nSPS) is 11.7. The van der Waals surface area contributed by atoms with Crippen LogP contribution in [0, 0.1) is 0 Å². The predicted molar refractivity (Wildman–Crippen MR) is 69.1 cm³/mol. The van der Waals surface area contributed by atoms with Crippen LogP contribution in [-0.4, -0.2) is 25.0 Å². The molecule has 0 aliphatic heterocycles. The SMILES string of the molecule is CC[C@@H](Nc1cccc(CC(=O)OC)c1)C(N)=O. The number of nitrogens with two attached hydrogens (primary N) is 1. The van der Waals surface area contributed by atoms with Gasteiger partial charge in [0.05, 0.1) is 13.5 Å². The third-order valence-electron chi connectivity index (χ3n) is 2.60. The first kappa shape index (κ1) is 14.0. The molecule has 0 saturated carbocycles. The summed E-state index contributed by atoms with van der Waals surface area (Å²) in [6.45, 7) is 1.88. The number of benzene rings is 1. The smallest absolute Gasteiger partial charge is 0.309 e. The second-order valence-corrected chi connectivity index (χ2v) is 3.96. The number of hydrogen-bond acceptors (Lipinski definition) is 4. The van der Waals surface area contributed by atoms with Gasteiger partial charge >= 0.3 is 5.97 Å². The van der Waals surface area contributed by atoms with Crippen LogP contribution >= 0.6 is 0 Å². The molecule has 5 heteroatoms. The first-order valence-electron chi connectivity index (χ1n) is 5.78. The van der Waals surface area contributed by atoms with E-state index in [4.69, 9.17) is 5.73 Å². The van der Waals surface area contributed by atoms with E-state index in [9.17, 15) is 9.59 Å². The minimum Gasteiger partial charge on any atom is -0.469 e. The van der Waals surface area contributed by atoms with E-state index < -0.39 is 11.9 Å². The Hall–Kier alpha value is -2.04. The number of rotatable bonds is 6. The molecule has 0 aliphatic carbocycles. The number of anilines is 1. The average molecular weight is 250 g/mol. The summed E-state index contributed by atoms with van der Waals surface area (Å²) in [6, 6.07) is 6.87. The molecule has 1 atom stereocenters. The number of esters is 1. The number of hydrogen-bond donors (Lipinski definition) is 2. The van der Waals surface area contributed by atoms with Crippen molar-refractivity contribution >= 4 is 17.6 Å². The Morgan fingerprint density at radius 1 is 1.44 bits per heavy atom. The lowest BCUT2D eigenvalue weighted by Gasteiger charge is -2.15. The fraction of sp³-hybridized carbons (Fsp3) is 0.385. The van der Waals surface area contributed by atoms with Gasteiger partial charge in [-0.05, 0) is 24.1 Å². The summed E-state index contributed by atoms with van der Waals surface area (Å²) in [5.41, 5.74) is 6.85. The van der Waals surface area contributed by atoms with Gasteiger partial charge in [-0.2, -0.15) is 0 Å². The zero-order valence-electron chi connectivity index (χ0n) is 10.6. The van der Waals surface area contributed by atoms with Gasteiger partial charge in [0.25, 0.3) is 0 Å². The van der Waals surface area contributed by atoms with E-state index in [-0.39, 0.29) is 12.4 Å². The zero-order chi connectivity index (χ0) is 13.5. The van der Waals surface area contributed by atoms with Crippen LogP contribution in [-0.2, 0) is 20.7 Å². The second kappa shape index (κ2) is 6.64. The number of carbonyl (C=O) groups excluding carboxylic acids is 2. The quantitative estimate of drug-likeness (QED) is 0.740. The van der Waals surface area contributed by atoms with E-state index in [1.54, 1.807) is 0 Å². The van der Waals surface area contributed by atoms with Crippen LogP contribution < -0.4 is 11.1 Å². The number of nitrogens with one attached hydrogen (secondary N) is 1. The molecule has 0 fully saturated rings. The van der Waals surface area contributed by atoms with Gasteiger partial charge in [-0.1, -0.05) is 19.1 Å². The van der Waals surface area contributed by atoms with Crippen molar-refractivity contribution in [3.05, 3.63) is 29.8 Å². The minimum absolute atomic E-state index is 0.208. The topological polar surface area (TPSA) is 81.4 Å². The molecule has 98 valence electrons. The van der Waals surface area contributed by atoms with E-state index in [0.29, 0.717) is 6.42 Å². The van der Waals surface area contributed by atoms with Gasteiger partial charge in [0, 0.05) is 5.69 Å². The third-order valence-corrected chi connectivity index (χ3v) is 2.60. The summed E-state index contributed by atoms with van der Waals surface area (Å²) in [5.74, 6) is -0.690. The largest absolute Gasteiger partial charge is 0.469 e. The molecule has 0 aromatic heterocycles. The maximum absolute atomic E-state index is 11.2. The van der Waals surface area contributed by atoms with Gasteiger partial charge in [-0.3, -0.25) is 9.59 Å². The summed E-state index contributed by atoms with van der Waals surface area (Å²) in [7, 11) is 1.35. The molecule has 1 aromatic carbocycles. The summed E-state index contributed by atoms with van der Waals surface area (Å²) in [6.07, 6.45) is 0.815. The summed E-state index contributed by atoms with van der Waals surface area (Å²) in [5, 5.41) is 3.03. The van der Waals surface area contributed by atoms with Gasteiger partial charge in [0.15, 0.2) is 0 Å². The minimum atomic E-state index is -0.404. The molecular formula is C13H18N2O3. The van der Waals surface area contributed by atoms with Crippen LogP contribution in [0.5, 0.6) is 0 Å². The first-order valence-corrected chi connectivity index (χ1v) is 5.78. The average Bonchev–Trinajstić information content (AvgIpc) is 2.35. The molecule has 1 aromatic rings. The fourth-order valence-electron chi connectivity index (χ4n) is 1.59. The van der Waals surface area contributed by atoms with Crippen molar-refractivity contribution in [2.75, 3.05) is 12.4 Å². The molecule has 0 saturated heterocycles. The lowest BCUT2D eigenvalue weighted by atomic mass is 10.1. The molecule has 1 amide bonds. The van der Waals surface area contributed by atoms with Crippen molar-refractivity contribution in [1.82, 2.24) is 0 Å². The Labute approximate surface area is 106 Å². The first-order chi connectivity index (χ1) is 8.56. The van der Waals surface area contributed by atoms with Crippen molar-refractivity contribution in [2.24, 2.45) is 5.73 Å². The Morgan fingerprint density at radius 3 is 2.72 bits per heavy atom. The van der Waals surface area contributed by atoms with Crippen LogP contribution in [0.4, 0.5) is 5.69 Å². The van der Waals surface area contributed by atoms with Gasteiger partial charge < -0.3 is 15.8 Å². The van der Waals surface area contributed by atoms with E-state index >= 15 is 0 Å². The maximum atomic E-state index is 11.2. The van der Waals surface area contributed by atoms with Crippen LogP contribution in [0.15, 0.2) is 24.3 Å². The fourth-order valence-corrected chi connectivity index (χ4v) is 1.59. The van der Waals surface area contributed by atoms with Crippen molar-refractivity contribution in [2.45, 2.75) is 25.8 Å². The molecule has 0 heterocycles. The molecule has 3 N–H and O–H groups in total. The standard InChI is InChI=1S/C13H18N2O3/c1-3-11(13(14)17)15-10-6-4-5-9(7-10)8-12(16)18-2/h4-7,11,15H,3,8H2,1-2H3,(H2,14,17)/t11-/m1/s1. The Balaban J connectivity index is 2.75. The van der Waals surface area contributed by atoms with Crippen molar-refractivity contribution < 1.29 is 14.3 Å². The lowest BCUT2D eigenvalue weighted by molar-refractivity contribution is -0.139. The monoisotopic (exact) mass is 250 g/mol. The lowest BCUT2D eigenvalue weighted by Crippen LogP contribution is -2.34. The van der Waals surface area contributed by atoms with Crippen molar-refractivity contribution in [3.8, 4) is 0 Å². The number of primary amides is 1. The molecule has 1 rings (SSSR count). The van der Waals surface area contributed by atoms with Crippen molar-refractivity contribution in [3.63, 3.8) is 0 Å². The predicted octanol–water partition coefficient (Wildman–Crippen LogP) is 1.08. The third kappa shape index (κ3) is 4.08. The highest BCUT2D eigenvalue weighted by Crippen LogP contribution is 2.13. The van der Waals surface area contributed by atoms with Gasteiger partial charge in [-0.15, -0.1) is 0 Å².